The molecule has 0 saturated carbocycles. The number of benzene rings is 1. The number of aliphatic imine (C=N–C) groups is 1. The van der Waals surface area contributed by atoms with Gasteiger partial charge in [0.05, 0.1) is 14.2 Å². The standard InChI is InChI=1S/C13H20N4O4/c1-19-8-3-4-10(21-6-5-14)9(7-8)11(12(18)20-2)17-13(15)16/h3-4,7,11H,5-6,14H2,1-2H3,(H4,15,16,17). The fourth-order valence-corrected chi connectivity index (χ4v) is 1.68. The first-order chi connectivity index (χ1) is 10.0. The lowest BCUT2D eigenvalue weighted by Gasteiger charge is -2.17. The van der Waals surface area contributed by atoms with Crippen molar-refractivity contribution in [3.8, 4) is 11.5 Å². The molecular weight excluding hydrogens is 276 g/mol. The molecule has 0 aromatic heterocycles. The minimum absolute atomic E-state index is 0.238. The van der Waals surface area contributed by atoms with Crippen molar-refractivity contribution < 1.29 is 19.0 Å². The SMILES string of the molecule is COC(=O)C(N=C(N)N)c1cc(OC)ccc1OCCN. The number of hydrogen-bond acceptors (Lipinski definition) is 6. The number of nitrogens with two attached hydrogens (primary N) is 3. The number of methoxy groups -OCH3 is 2. The van der Waals surface area contributed by atoms with Crippen molar-refractivity contribution in [3.05, 3.63) is 23.8 Å². The van der Waals surface area contributed by atoms with E-state index >= 15 is 0 Å². The largest absolute Gasteiger partial charge is 0.497 e. The minimum Gasteiger partial charge on any atom is -0.497 e. The van der Waals surface area contributed by atoms with Crippen molar-refractivity contribution in [2.75, 3.05) is 27.4 Å². The molecule has 1 unspecified atom stereocenters. The van der Waals surface area contributed by atoms with Crippen molar-refractivity contribution in [1.29, 1.82) is 0 Å². The second-order valence-electron chi connectivity index (χ2n) is 4.02. The van der Waals surface area contributed by atoms with E-state index < -0.39 is 12.0 Å². The normalized spacial score (nSPS) is 11.4. The first kappa shape index (κ1) is 16.6. The minimum atomic E-state index is -1.04. The number of ether oxygens (including phenoxy) is 3. The Morgan fingerprint density at radius 2 is 2.05 bits per heavy atom. The summed E-state index contributed by atoms with van der Waals surface area (Å²) in [5.74, 6) is 0.110. The number of esters is 1. The Hall–Kier alpha value is -2.48. The Morgan fingerprint density at radius 1 is 1.33 bits per heavy atom. The van der Waals surface area contributed by atoms with Crippen molar-refractivity contribution in [2.24, 2.45) is 22.2 Å². The van der Waals surface area contributed by atoms with Gasteiger partial charge < -0.3 is 31.4 Å². The van der Waals surface area contributed by atoms with E-state index in [0.29, 0.717) is 23.6 Å². The highest BCUT2D eigenvalue weighted by Gasteiger charge is 2.25. The Kier molecular flexibility index (Phi) is 6.28. The highest BCUT2D eigenvalue weighted by Crippen LogP contribution is 2.32. The van der Waals surface area contributed by atoms with Gasteiger partial charge in [0.15, 0.2) is 12.0 Å². The van der Waals surface area contributed by atoms with E-state index in [4.69, 9.17) is 31.4 Å². The first-order valence-corrected chi connectivity index (χ1v) is 6.20. The van der Waals surface area contributed by atoms with Crippen LogP contribution in [-0.2, 0) is 9.53 Å². The number of hydrogen-bond donors (Lipinski definition) is 3. The van der Waals surface area contributed by atoms with Crippen LogP contribution in [0.3, 0.4) is 0 Å². The molecule has 0 aliphatic rings. The van der Waals surface area contributed by atoms with Crippen LogP contribution in [0, 0.1) is 0 Å². The number of carbonyl (C=O) groups is 1. The zero-order valence-electron chi connectivity index (χ0n) is 12.0. The maximum absolute atomic E-state index is 11.9. The van der Waals surface area contributed by atoms with Crippen LogP contribution in [0.1, 0.15) is 11.6 Å². The van der Waals surface area contributed by atoms with E-state index in [9.17, 15) is 4.79 Å². The summed E-state index contributed by atoms with van der Waals surface area (Å²) in [6.45, 7) is 0.617. The second kappa shape index (κ2) is 7.95. The topological polar surface area (TPSA) is 135 Å². The van der Waals surface area contributed by atoms with Gasteiger partial charge in [-0.25, -0.2) is 9.79 Å². The Bertz CT molecular complexity index is 515. The van der Waals surface area contributed by atoms with E-state index in [1.54, 1.807) is 18.2 Å². The van der Waals surface area contributed by atoms with Crippen molar-refractivity contribution in [1.82, 2.24) is 0 Å². The van der Waals surface area contributed by atoms with Crippen LogP contribution >= 0.6 is 0 Å². The van der Waals surface area contributed by atoms with Crippen LogP contribution in [0.5, 0.6) is 11.5 Å². The van der Waals surface area contributed by atoms with Gasteiger partial charge in [0.2, 0.25) is 0 Å². The molecule has 8 heteroatoms. The number of rotatable bonds is 7. The van der Waals surface area contributed by atoms with Gasteiger partial charge in [-0.15, -0.1) is 0 Å². The molecule has 6 N–H and O–H groups in total. The van der Waals surface area contributed by atoms with Crippen LogP contribution in [0.15, 0.2) is 23.2 Å². The molecule has 0 aliphatic heterocycles. The molecule has 0 saturated heterocycles. The van der Waals surface area contributed by atoms with E-state index in [1.807, 2.05) is 0 Å². The van der Waals surface area contributed by atoms with E-state index in [1.165, 1.54) is 14.2 Å². The van der Waals surface area contributed by atoms with E-state index in [0.717, 1.165) is 0 Å². The Balaban J connectivity index is 3.31. The van der Waals surface area contributed by atoms with E-state index in [2.05, 4.69) is 4.99 Å². The molecule has 1 aromatic rings. The van der Waals surface area contributed by atoms with Gasteiger partial charge in [0.1, 0.15) is 18.1 Å². The average Bonchev–Trinajstić information content (AvgIpc) is 2.49. The Labute approximate surface area is 122 Å². The second-order valence-corrected chi connectivity index (χ2v) is 4.02. The molecule has 1 aromatic carbocycles. The number of nitrogens with zero attached hydrogens (tertiary/aromatic N) is 1. The zero-order valence-corrected chi connectivity index (χ0v) is 12.0. The van der Waals surface area contributed by atoms with Crippen LogP contribution in [0.25, 0.3) is 0 Å². The van der Waals surface area contributed by atoms with Gasteiger partial charge in [0.25, 0.3) is 0 Å². The molecule has 8 nitrogen and oxygen atoms in total. The third-order valence-corrected chi connectivity index (χ3v) is 2.59. The summed E-state index contributed by atoms with van der Waals surface area (Å²) in [7, 11) is 2.76. The lowest BCUT2D eigenvalue weighted by atomic mass is 10.1. The van der Waals surface area contributed by atoms with E-state index in [-0.39, 0.29) is 12.6 Å². The smallest absolute Gasteiger partial charge is 0.335 e. The summed E-state index contributed by atoms with van der Waals surface area (Å²) >= 11 is 0. The summed E-state index contributed by atoms with van der Waals surface area (Å²) in [6, 6.07) is 3.92. The maximum atomic E-state index is 11.9. The molecule has 0 heterocycles. The van der Waals surface area contributed by atoms with Crippen LogP contribution in [-0.4, -0.2) is 39.3 Å². The van der Waals surface area contributed by atoms with Gasteiger partial charge in [-0.3, -0.25) is 0 Å². The van der Waals surface area contributed by atoms with Crippen molar-refractivity contribution >= 4 is 11.9 Å². The molecule has 0 bridgehead atoms. The fraction of sp³-hybridized carbons (Fsp3) is 0.385. The molecule has 21 heavy (non-hydrogen) atoms. The van der Waals surface area contributed by atoms with Crippen LogP contribution in [0.2, 0.25) is 0 Å². The summed E-state index contributed by atoms with van der Waals surface area (Å²) in [5.41, 5.74) is 16.6. The molecular formula is C13H20N4O4. The molecule has 1 rings (SSSR count). The monoisotopic (exact) mass is 296 g/mol. The number of carbonyl (C=O) groups excluding carboxylic acids is 1. The zero-order chi connectivity index (χ0) is 15.8. The molecule has 0 radical (unpaired) electrons. The Morgan fingerprint density at radius 3 is 2.57 bits per heavy atom. The lowest BCUT2D eigenvalue weighted by Crippen LogP contribution is -2.26. The quantitative estimate of drug-likeness (QED) is 0.351. The lowest BCUT2D eigenvalue weighted by molar-refractivity contribution is -0.142. The summed E-state index contributed by atoms with van der Waals surface area (Å²) < 4.78 is 15.4. The molecule has 0 aliphatic carbocycles. The fourth-order valence-electron chi connectivity index (χ4n) is 1.68. The molecule has 0 amide bonds. The number of guanidine groups is 1. The predicted molar refractivity (Wildman–Crippen MR) is 78.1 cm³/mol. The summed E-state index contributed by atoms with van der Waals surface area (Å²) in [5, 5.41) is 0. The summed E-state index contributed by atoms with van der Waals surface area (Å²) in [6.07, 6.45) is 0. The van der Waals surface area contributed by atoms with Crippen LogP contribution < -0.4 is 26.7 Å². The average molecular weight is 296 g/mol. The highest BCUT2D eigenvalue weighted by molar-refractivity contribution is 5.84. The molecule has 1 atom stereocenters. The van der Waals surface area contributed by atoms with Crippen LogP contribution in [0.4, 0.5) is 0 Å². The summed E-state index contributed by atoms with van der Waals surface area (Å²) in [4.78, 5) is 15.8. The third-order valence-electron chi connectivity index (χ3n) is 2.59. The molecule has 116 valence electrons. The van der Waals surface area contributed by atoms with Gasteiger partial charge >= 0.3 is 5.97 Å². The van der Waals surface area contributed by atoms with Crippen molar-refractivity contribution in [2.45, 2.75) is 6.04 Å². The molecule has 0 fully saturated rings. The first-order valence-electron chi connectivity index (χ1n) is 6.20. The van der Waals surface area contributed by atoms with Gasteiger partial charge in [-0.2, -0.15) is 0 Å². The van der Waals surface area contributed by atoms with Gasteiger partial charge in [-0.05, 0) is 18.2 Å². The van der Waals surface area contributed by atoms with Crippen molar-refractivity contribution in [3.63, 3.8) is 0 Å². The maximum Gasteiger partial charge on any atom is 0.335 e. The highest BCUT2D eigenvalue weighted by atomic mass is 16.5. The van der Waals surface area contributed by atoms with Gasteiger partial charge in [0, 0.05) is 12.1 Å². The predicted octanol–water partition coefficient (Wildman–Crippen LogP) is -0.480. The molecule has 0 spiro atoms. The van der Waals surface area contributed by atoms with Gasteiger partial charge in [-0.1, -0.05) is 0 Å². The third kappa shape index (κ3) is 4.53.